The molecule has 3 heteroatoms. The summed E-state index contributed by atoms with van der Waals surface area (Å²) in [5.41, 5.74) is 3.21. The Kier molecular flexibility index (Phi) is 9.31. The molecular weight excluding hydrogens is 382 g/mol. The number of hydrogen-bond donors (Lipinski definition) is 1. The van der Waals surface area contributed by atoms with Gasteiger partial charge >= 0.3 is 0 Å². The van der Waals surface area contributed by atoms with Gasteiger partial charge in [-0.3, -0.25) is 0 Å². The Morgan fingerprint density at radius 3 is 2.29 bits per heavy atom. The summed E-state index contributed by atoms with van der Waals surface area (Å²) in [6.07, 6.45) is 6.23. The van der Waals surface area contributed by atoms with Crippen molar-refractivity contribution in [1.82, 2.24) is 0 Å². The van der Waals surface area contributed by atoms with Crippen molar-refractivity contribution in [2.75, 3.05) is 11.9 Å². The third-order valence-electron chi connectivity index (χ3n) is 5.53. The second-order valence-electron chi connectivity index (χ2n) is 8.01. The Hall–Kier alpha value is -2.94. The van der Waals surface area contributed by atoms with E-state index in [9.17, 15) is 0 Å². The van der Waals surface area contributed by atoms with Crippen LogP contribution in [0.3, 0.4) is 0 Å². The Bertz CT molecular complexity index is 877. The molecular formula is C28H35NO2. The van der Waals surface area contributed by atoms with Crippen molar-refractivity contribution in [2.45, 2.75) is 52.6 Å². The zero-order valence-corrected chi connectivity index (χ0v) is 18.8. The predicted molar refractivity (Wildman–Crippen MR) is 130 cm³/mol. The Morgan fingerprint density at radius 1 is 0.742 bits per heavy atom. The number of nitrogens with one attached hydrogen (secondary N) is 1. The van der Waals surface area contributed by atoms with Crippen molar-refractivity contribution in [1.29, 1.82) is 0 Å². The van der Waals surface area contributed by atoms with E-state index in [1.807, 2.05) is 54.6 Å². The van der Waals surface area contributed by atoms with E-state index in [1.165, 1.54) is 25.7 Å². The molecule has 1 atom stereocenters. The van der Waals surface area contributed by atoms with Crippen LogP contribution in [0.4, 0.5) is 11.4 Å². The zero-order valence-electron chi connectivity index (χ0n) is 18.8. The summed E-state index contributed by atoms with van der Waals surface area (Å²) in [6.45, 7) is 5.91. The van der Waals surface area contributed by atoms with Gasteiger partial charge < -0.3 is 14.8 Å². The van der Waals surface area contributed by atoms with Gasteiger partial charge in [-0.2, -0.15) is 0 Å². The highest BCUT2D eigenvalue weighted by molar-refractivity contribution is 5.61. The summed E-state index contributed by atoms with van der Waals surface area (Å²) in [5, 5.41) is 3.44. The van der Waals surface area contributed by atoms with E-state index in [4.69, 9.17) is 9.47 Å². The van der Waals surface area contributed by atoms with E-state index in [0.29, 0.717) is 6.61 Å². The smallest absolute Gasteiger partial charge is 0.121 e. The molecule has 3 rings (SSSR count). The van der Waals surface area contributed by atoms with Gasteiger partial charge in [0.1, 0.15) is 18.1 Å². The first kappa shape index (κ1) is 22.7. The number of rotatable bonds is 13. The Labute approximate surface area is 187 Å². The average Bonchev–Trinajstić information content (AvgIpc) is 2.81. The monoisotopic (exact) mass is 417 g/mol. The van der Waals surface area contributed by atoms with E-state index in [-0.39, 0.29) is 0 Å². The molecule has 3 aromatic carbocycles. The summed E-state index contributed by atoms with van der Waals surface area (Å²) in [7, 11) is 0. The minimum absolute atomic E-state index is 0.574. The SMILES string of the molecule is CCCC(CC)CCCOc1cccc(Nc2ccc(OCc3ccccc3)cc2)c1. The van der Waals surface area contributed by atoms with Crippen LogP contribution < -0.4 is 14.8 Å². The first-order valence-electron chi connectivity index (χ1n) is 11.5. The van der Waals surface area contributed by atoms with E-state index in [2.05, 4.69) is 43.4 Å². The molecule has 0 aliphatic rings. The largest absolute Gasteiger partial charge is 0.494 e. The van der Waals surface area contributed by atoms with Crippen molar-refractivity contribution in [2.24, 2.45) is 5.92 Å². The van der Waals surface area contributed by atoms with Crippen LogP contribution in [0, 0.1) is 5.92 Å². The van der Waals surface area contributed by atoms with Gasteiger partial charge in [0.05, 0.1) is 6.61 Å². The second kappa shape index (κ2) is 12.7. The molecule has 0 aliphatic carbocycles. The normalized spacial score (nSPS) is 11.7. The van der Waals surface area contributed by atoms with Crippen LogP contribution in [-0.4, -0.2) is 6.61 Å². The summed E-state index contributed by atoms with van der Waals surface area (Å²) in [4.78, 5) is 0. The average molecular weight is 418 g/mol. The summed E-state index contributed by atoms with van der Waals surface area (Å²) in [5.74, 6) is 2.61. The number of benzene rings is 3. The molecule has 164 valence electrons. The highest BCUT2D eigenvalue weighted by Crippen LogP contribution is 2.24. The fourth-order valence-corrected chi connectivity index (χ4v) is 3.73. The summed E-state index contributed by atoms with van der Waals surface area (Å²) in [6, 6.07) is 26.4. The zero-order chi connectivity index (χ0) is 21.7. The third-order valence-corrected chi connectivity index (χ3v) is 5.53. The van der Waals surface area contributed by atoms with Crippen LogP contribution in [0.2, 0.25) is 0 Å². The predicted octanol–water partition coefficient (Wildman–Crippen LogP) is 7.99. The van der Waals surface area contributed by atoms with E-state index in [1.54, 1.807) is 0 Å². The van der Waals surface area contributed by atoms with E-state index < -0.39 is 0 Å². The first-order chi connectivity index (χ1) is 15.3. The summed E-state index contributed by atoms with van der Waals surface area (Å²) < 4.78 is 11.9. The maximum Gasteiger partial charge on any atom is 0.121 e. The molecule has 0 fully saturated rings. The lowest BCUT2D eigenvalue weighted by Crippen LogP contribution is -2.03. The van der Waals surface area contributed by atoms with Crippen molar-refractivity contribution in [3.05, 3.63) is 84.4 Å². The topological polar surface area (TPSA) is 30.5 Å². The maximum atomic E-state index is 5.99. The number of ether oxygens (including phenoxy) is 2. The van der Waals surface area contributed by atoms with Crippen LogP contribution in [0.25, 0.3) is 0 Å². The first-order valence-corrected chi connectivity index (χ1v) is 11.5. The van der Waals surface area contributed by atoms with Gasteiger partial charge in [-0.1, -0.05) is 69.5 Å². The molecule has 0 saturated carbocycles. The molecule has 0 saturated heterocycles. The minimum atomic E-state index is 0.574. The quantitative estimate of drug-likeness (QED) is 0.286. The van der Waals surface area contributed by atoms with Crippen LogP contribution in [0.5, 0.6) is 11.5 Å². The van der Waals surface area contributed by atoms with Gasteiger partial charge in [0.2, 0.25) is 0 Å². The fourth-order valence-electron chi connectivity index (χ4n) is 3.73. The lowest BCUT2D eigenvalue weighted by atomic mass is 9.96. The summed E-state index contributed by atoms with van der Waals surface area (Å²) >= 11 is 0. The Morgan fingerprint density at radius 2 is 1.55 bits per heavy atom. The highest BCUT2D eigenvalue weighted by atomic mass is 16.5. The fraction of sp³-hybridized carbons (Fsp3) is 0.357. The highest BCUT2D eigenvalue weighted by Gasteiger charge is 2.05. The molecule has 31 heavy (non-hydrogen) atoms. The number of anilines is 2. The molecule has 0 radical (unpaired) electrons. The van der Waals surface area contributed by atoms with Crippen LogP contribution in [0.1, 0.15) is 51.5 Å². The molecule has 0 spiro atoms. The molecule has 0 aliphatic heterocycles. The number of hydrogen-bond acceptors (Lipinski definition) is 3. The van der Waals surface area contributed by atoms with Gasteiger partial charge in [0.15, 0.2) is 0 Å². The van der Waals surface area contributed by atoms with Crippen molar-refractivity contribution < 1.29 is 9.47 Å². The van der Waals surface area contributed by atoms with Crippen molar-refractivity contribution >= 4 is 11.4 Å². The lowest BCUT2D eigenvalue weighted by molar-refractivity contribution is 0.286. The third kappa shape index (κ3) is 8.01. The van der Waals surface area contributed by atoms with Crippen molar-refractivity contribution in [3.8, 4) is 11.5 Å². The standard InChI is InChI=1S/C28H35NO2/c1-3-10-23(4-2)13-9-20-30-28-15-8-14-26(21-28)29-25-16-18-27(19-17-25)31-22-24-11-6-5-7-12-24/h5-8,11-12,14-19,21,23,29H,3-4,9-10,13,20,22H2,1-2H3. The molecule has 0 bridgehead atoms. The molecule has 0 aromatic heterocycles. The molecule has 1 N–H and O–H groups in total. The minimum Gasteiger partial charge on any atom is -0.494 e. The van der Waals surface area contributed by atoms with Crippen LogP contribution in [-0.2, 0) is 6.61 Å². The molecule has 0 heterocycles. The molecule has 1 unspecified atom stereocenters. The van der Waals surface area contributed by atoms with Gasteiger partial charge in [0.25, 0.3) is 0 Å². The van der Waals surface area contributed by atoms with E-state index in [0.717, 1.165) is 47.4 Å². The van der Waals surface area contributed by atoms with Gasteiger partial charge in [-0.15, -0.1) is 0 Å². The van der Waals surface area contributed by atoms with Crippen molar-refractivity contribution in [3.63, 3.8) is 0 Å². The van der Waals surface area contributed by atoms with E-state index >= 15 is 0 Å². The maximum absolute atomic E-state index is 5.99. The van der Waals surface area contributed by atoms with Crippen LogP contribution >= 0.6 is 0 Å². The van der Waals surface area contributed by atoms with Crippen LogP contribution in [0.15, 0.2) is 78.9 Å². The van der Waals surface area contributed by atoms with Gasteiger partial charge in [0, 0.05) is 17.4 Å². The molecule has 0 amide bonds. The molecule has 3 nitrogen and oxygen atoms in total. The molecule has 3 aromatic rings. The second-order valence-corrected chi connectivity index (χ2v) is 8.01. The lowest BCUT2D eigenvalue weighted by Gasteiger charge is -2.14. The Balaban J connectivity index is 1.45. The van der Waals surface area contributed by atoms with Gasteiger partial charge in [-0.05, 0) is 60.7 Å². The van der Waals surface area contributed by atoms with Gasteiger partial charge in [-0.25, -0.2) is 0 Å².